The number of hydrogen-bond donors (Lipinski definition) is 2. The van der Waals surface area contributed by atoms with Crippen LogP contribution in [0.25, 0.3) is 11.1 Å². The molecule has 0 saturated carbocycles. The summed E-state index contributed by atoms with van der Waals surface area (Å²) in [5.41, 5.74) is 4.85. The molecule has 0 spiro atoms. The van der Waals surface area contributed by atoms with Crippen LogP contribution < -0.4 is 5.32 Å². The molecule has 0 bridgehead atoms. The Morgan fingerprint density at radius 1 is 1.19 bits per heavy atom. The Hall–Kier alpha value is -2.86. The van der Waals surface area contributed by atoms with Crippen molar-refractivity contribution in [1.82, 2.24) is 4.98 Å². The number of rotatable bonds is 5. The number of carbonyl (C=O) groups excluding carboxylic acids is 2. The van der Waals surface area contributed by atoms with Gasteiger partial charge in [-0.05, 0) is 66.4 Å². The lowest BCUT2D eigenvalue weighted by molar-refractivity contribution is 0.0525. The van der Waals surface area contributed by atoms with Gasteiger partial charge >= 0.3 is 5.97 Å². The van der Waals surface area contributed by atoms with Crippen LogP contribution >= 0.6 is 11.3 Å². The largest absolute Gasteiger partial charge is 0.462 e. The number of H-pyrrole nitrogens is 1. The van der Waals surface area contributed by atoms with Crippen molar-refractivity contribution < 1.29 is 14.3 Å². The van der Waals surface area contributed by atoms with Crippen molar-refractivity contribution in [1.29, 1.82) is 0 Å². The standard InChI is InChI=1S/C20H20N2O3S/c1-4-25-20(24)17-12(2)18(21-13(17)3)19(23)22-16-7-5-6-14(10-16)15-8-9-26-11-15/h5-11,21H,4H2,1-3H3,(H,22,23). The number of hydrogen-bond acceptors (Lipinski definition) is 4. The van der Waals surface area contributed by atoms with E-state index in [2.05, 4.69) is 15.7 Å². The number of aromatic nitrogens is 1. The number of esters is 1. The summed E-state index contributed by atoms with van der Waals surface area (Å²) in [6.07, 6.45) is 0. The molecule has 2 heterocycles. The number of carbonyl (C=O) groups is 2. The molecule has 0 radical (unpaired) electrons. The Morgan fingerprint density at radius 2 is 2.00 bits per heavy atom. The molecule has 0 aliphatic heterocycles. The van der Waals surface area contributed by atoms with Crippen LogP contribution in [-0.4, -0.2) is 23.5 Å². The first-order valence-corrected chi connectivity index (χ1v) is 9.25. The van der Waals surface area contributed by atoms with E-state index in [4.69, 9.17) is 4.74 Å². The molecule has 2 aromatic heterocycles. The number of benzene rings is 1. The molecule has 3 aromatic rings. The van der Waals surface area contributed by atoms with Crippen molar-refractivity contribution in [2.45, 2.75) is 20.8 Å². The first-order valence-electron chi connectivity index (χ1n) is 8.31. The highest BCUT2D eigenvalue weighted by atomic mass is 32.1. The van der Waals surface area contributed by atoms with E-state index >= 15 is 0 Å². The van der Waals surface area contributed by atoms with Gasteiger partial charge < -0.3 is 15.0 Å². The van der Waals surface area contributed by atoms with Crippen molar-refractivity contribution in [3.63, 3.8) is 0 Å². The SMILES string of the molecule is CCOC(=O)c1c(C)[nH]c(C(=O)Nc2cccc(-c3ccsc3)c2)c1C. The van der Waals surface area contributed by atoms with Crippen molar-refractivity contribution in [2.75, 3.05) is 11.9 Å². The minimum atomic E-state index is -0.419. The van der Waals surface area contributed by atoms with Crippen LogP contribution in [0.4, 0.5) is 5.69 Å². The lowest BCUT2D eigenvalue weighted by Crippen LogP contribution is -2.14. The summed E-state index contributed by atoms with van der Waals surface area (Å²) in [5, 5.41) is 6.97. The number of ether oxygens (including phenoxy) is 1. The molecule has 0 saturated heterocycles. The van der Waals surface area contributed by atoms with Gasteiger partial charge in [-0.1, -0.05) is 12.1 Å². The third kappa shape index (κ3) is 3.55. The minimum Gasteiger partial charge on any atom is -0.462 e. The fraction of sp³-hybridized carbons (Fsp3) is 0.200. The normalized spacial score (nSPS) is 10.6. The Morgan fingerprint density at radius 3 is 2.69 bits per heavy atom. The quantitative estimate of drug-likeness (QED) is 0.636. The van der Waals surface area contributed by atoms with E-state index in [1.165, 1.54) is 0 Å². The van der Waals surface area contributed by atoms with Crippen LogP contribution in [0, 0.1) is 13.8 Å². The Bertz CT molecular complexity index is 942. The Kier molecular flexibility index (Phi) is 5.23. The Balaban J connectivity index is 1.84. The number of nitrogens with one attached hydrogen (secondary N) is 2. The minimum absolute atomic E-state index is 0.288. The van der Waals surface area contributed by atoms with Gasteiger partial charge in [-0.2, -0.15) is 11.3 Å². The molecule has 0 fully saturated rings. The van der Waals surface area contributed by atoms with E-state index in [0.29, 0.717) is 34.8 Å². The second-order valence-corrected chi connectivity index (χ2v) is 6.67. The van der Waals surface area contributed by atoms with Gasteiger partial charge in [0.25, 0.3) is 5.91 Å². The van der Waals surface area contributed by atoms with Gasteiger partial charge in [-0.3, -0.25) is 4.79 Å². The second kappa shape index (κ2) is 7.58. The van der Waals surface area contributed by atoms with Crippen LogP contribution in [0.2, 0.25) is 0 Å². The third-order valence-electron chi connectivity index (χ3n) is 4.12. The predicted octanol–water partition coefficient (Wildman–Crippen LogP) is 4.79. The number of aryl methyl sites for hydroxylation is 1. The van der Waals surface area contributed by atoms with Crippen molar-refractivity contribution in [3.8, 4) is 11.1 Å². The van der Waals surface area contributed by atoms with E-state index in [0.717, 1.165) is 11.1 Å². The summed E-state index contributed by atoms with van der Waals surface area (Å²) in [4.78, 5) is 27.8. The fourth-order valence-corrected chi connectivity index (χ4v) is 3.55. The predicted molar refractivity (Wildman–Crippen MR) is 104 cm³/mol. The topological polar surface area (TPSA) is 71.2 Å². The average Bonchev–Trinajstić information content (AvgIpc) is 3.23. The van der Waals surface area contributed by atoms with E-state index in [-0.39, 0.29) is 5.91 Å². The van der Waals surface area contributed by atoms with Gasteiger partial charge in [0.1, 0.15) is 5.69 Å². The van der Waals surface area contributed by atoms with Crippen molar-refractivity contribution in [2.24, 2.45) is 0 Å². The zero-order valence-corrected chi connectivity index (χ0v) is 15.7. The molecule has 1 aromatic carbocycles. The lowest BCUT2D eigenvalue weighted by atomic mass is 10.1. The van der Waals surface area contributed by atoms with E-state index < -0.39 is 5.97 Å². The van der Waals surface area contributed by atoms with Gasteiger partial charge in [-0.15, -0.1) is 0 Å². The number of aromatic amines is 1. The first kappa shape index (κ1) is 17.9. The maximum atomic E-state index is 12.7. The lowest BCUT2D eigenvalue weighted by Gasteiger charge is -2.07. The molecule has 5 nitrogen and oxygen atoms in total. The summed E-state index contributed by atoms with van der Waals surface area (Å²) in [5.74, 6) is -0.708. The molecule has 2 N–H and O–H groups in total. The Labute approximate surface area is 156 Å². The van der Waals surface area contributed by atoms with Crippen LogP contribution in [-0.2, 0) is 4.74 Å². The second-order valence-electron chi connectivity index (χ2n) is 5.89. The summed E-state index contributed by atoms with van der Waals surface area (Å²) in [7, 11) is 0. The number of amides is 1. The molecule has 3 rings (SSSR count). The highest BCUT2D eigenvalue weighted by Gasteiger charge is 2.22. The van der Waals surface area contributed by atoms with Crippen LogP contribution in [0.1, 0.15) is 39.0 Å². The summed E-state index contributed by atoms with van der Waals surface area (Å²) >= 11 is 1.63. The molecule has 0 aliphatic rings. The molecule has 0 unspecified atom stereocenters. The highest BCUT2D eigenvalue weighted by Crippen LogP contribution is 2.25. The zero-order valence-electron chi connectivity index (χ0n) is 14.9. The maximum Gasteiger partial charge on any atom is 0.340 e. The monoisotopic (exact) mass is 368 g/mol. The van der Waals surface area contributed by atoms with E-state index in [1.54, 1.807) is 32.1 Å². The van der Waals surface area contributed by atoms with Crippen LogP contribution in [0.5, 0.6) is 0 Å². The van der Waals surface area contributed by atoms with Gasteiger partial charge in [-0.25, -0.2) is 4.79 Å². The van der Waals surface area contributed by atoms with Crippen LogP contribution in [0.3, 0.4) is 0 Å². The average molecular weight is 368 g/mol. The molecule has 6 heteroatoms. The number of anilines is 1. The van der Waals surface area contributed by atoms with E-state index in [9.17, 15) is 9.59 Å². The summed E-state index contributed by atoms with van der Waals surface area (Å²) < 4.78 is 5.07. The van der Waals surface area contributed by atoms with Gasteiger partial charge in [0, 0.05) is 11.4 Å². The zero-order chi connectivity index (χ0) is 18.7. The molecule has 134 valence electrons. The molecule has 26 heavy (non-hydrogen) atoms. The van der Waals surface area contributed by atoms with Gasteiger partial charge in [0.15, 0.2) is 0 Å². The maximum absolute atomic E-state index is 12.7. The molecular formula is C20H20N2O3S. The highest BCUT2D eigenvalue weighted by molar-refractivity contribution is 7.08. The first-order chi connectivity index (χ1) is 12.5. The third-order valence-corrected chi connectivity index (χ3v) is 4.80. The molecule has 0 atom stereocenters. The van der Waals surface area contributed by atoms with Gasteiger partial charge in [0.05, 0.1) is 12.2 Å². The summed E-state index contributed by atoms with van der Waals surface area (Å²) in [6, 6.07) is 9.71. The fourth-order valence-electron chi connectivity index (χ4n) is 2.89. The number of thiophene rings is 1. The van der Waals surface area contributed by atoms with Crippen molar-refractivity contribution >= 4 is 28.9 Å². The van der Waals surface area contributed by atoms with E-state index in [1.807, 2.05) is 35.7 Å². The van der Waals surface area contributed by atoms with Crippen LogP contribution in [0.15, 0.2) is 41.1 Å². The van der Waals surface area contributed by atoms with Crippen molar-refractivity contribution in [3.05, 3.63) is 63.6 Å². The van der Waals surface area contributed by atoms with Gasteiger partial charge in [0.2, 0.25) is 0 Å². The smallest absolute Gasteiger partial charge is 0.340 e. The molecule has 0 aliphatic carbocycles. The molecular weight excluding hydrogens is 348 g/mol. The molecule has 1 amide bonds. The summed E-state index contributed by atoms with van der Waals surface area (Å²) in [6.45, 7) is 5.54.